The fourth-order valence-corrected chi connectivity index (χ4v) is 3.53. The second kappa shape index (κ2) is 6.95. The lowest BCUT2D eigenvalue weighted by Crippen LogP contribution is -2.60. The van der Waals surface area contributed by atoms with Crippen LogP contribution in [0.25, 0.3) is 0 Å². The number of aromatic nitrogens is 4. The zero-order valence-corrected chi connectivity index (χ0v) is 14.8. The average molecular weight is 354 g/mol. The van der Waals surface area contributed by atoms with Crippen molar-refractivity contribution < 1.29 is 9.53 Å². The minimum atomic E-state index is -0.0750. The highest BCUT2D eigenvalue weighted by molar-refractivity contribution is 5.94. The number of amides is 1. The molecule has 0 radical (unpaired) electrons. The molecule has 2 aliphatic heterocycles. The van der Waals surface area contributed by atoms with Gasteiger partial charge in [-0.15, -0.1) is 0 Å². The molecular formula is C18H22N6O2. The molecule has 8 nitrogen and oxygen atoms in total. The monoisotopic (exact) mass is 354 g/mol. The molecule has 0 unspecified atom stereocenters. The van der Waals surface area contributed by atoms with Crippen molar-refractivity contribution >= 4 is 11.9 Å². The third kappa shape index (κ3) is 3.37. The van der Waals surface area contributed by atoms with Crippen molar-refractivity contribution in [2.75, 3.05) is 31.6 Å². The van der Waals surface area contributed by atoms with Gasteiger partial charge in [-0.05, 0) is 19.8 Å². The quantitative estimate of drug-likeness (QED) is 0.893. The molecule has 1 atom stereocenters. The first-order valence-corrected chi connectivity index (χ1v) is 8.87. The molecule has 0 aliphatic carbocycles. The van der Waals surface area contributed by atoms with Gasteiger partial charge in [-0.1, -0.05) is 0 Å². The van der Waals surface area contributed by atoms with Crippen LogP contribution in [0, 0.1) is 5.41 Å². The molecule has 4 rings (SSSR count). The van der Waals surface area contributed by atoms with E-state index in [2.05, 4.69) is 25.3 Å². The molecule has 0 aromatic carbocycles. The number of anilines is 1. The smallest absolute Gasteiger partial charge is 0.257 e. The van der Waals surface area contributed by atoms with Crippen LogP contribution in [0.1, 0.15) is 41.9 Å². The molecule has 0 bridgehead atoms. The Hall–Kier alpha value is -2.61. The standard InChI is InChI=1S/C18H22N6O2/c1-13(15-10-19-4-5-20-15)23-17-21-8-14(9-22-17)16(25)24-11-18(12-24)2-6-26-7-3-18/h4-5,8-10,13H,2-3,6-7,11-12H2,1H3,(H,21,22,23)/t13-/m0/s1. The summed E-state index contributed by atoms with van der Waals surface area (Å²) in [6, 6.07) is -0.0750. The summed E-state index contributed by atoms with van der Waals surface area (Å²) in [7, 11) is 0. The summed E-state index contributed by atoms with van der Waals surface area (Å²) < 4.78 is 5.42. The van der Waals surface area contributed by atoms with Gasteiger partial charge in [-0.3, -0.25) is 14.8 Å². The number of hydrogen-bond donors (Lipinski definition) is 1. The highest BCUT2D eigenvalue weighted by Crippen LogP contribution is 2.40. The second-order valence-electron chi connectivity index (χ2n) is 7.07. The second-order valence-corrected chi connectivity index (χ2v) is 7.07. The van der Waals surface area contributed by atoms with Gasteiger partial charge in [0.05, 0.1) is 23.5 Å². The Kier molecular flexibility index (Phi) is 4.50. The molecule has 2 aliphatic rings. The molecule has 4 heterocycles. The van der Waals surface area contributed by atoms with Crippen LogP contribution in [0.5, 0.6) is 0 Å². The van der Waals surface area contributed by atoms with Crippen LogP contribution in [-0.2, 0) is 4.74 Å². The molecule has 2 aromatic heterocycles. The van der Waals surface area contributed by atoms with Crippen molar-refractivity contribution in [3.8, 4) is 0 Å². The van der Waals surface area contributed by atoms with Crippen LogP contribution in [0.15, 0.2) is 31.0 Å². The van der Waals surface area contributed by atoms with E-state index in [1.165, 1.54) is 0 Å². The number of rotatable bonds is 4. The summed E-state index contributed by atoms with van der Waals surface area (Å²) in [5, 5.41) is 3.16. The average Bonchev–Trinajstić information content (AvgIpc) is 2.67. The van der Waals surface area contributed by atoms with Crippen LogP contribution in [0.2, 0.25) is 0 Å². The molecule has 2 aromatic rings. The molecular weight excluding hydrogens is 332 g/mol. The van der Waals surface area contributed by atoms with Crippen molar-refractivity contribution in [2.24, 2.45) is 5.41 Å². The van der Waals surface area contributed by atoms with Crippen LogP contribution in [0.4, 0.5) is 5.95 Å². The lowest BCUT2D eigenvalue weighted by molar-refractivity contribution is -0.0666. The molecule has 2 saturated heterocycles. The minimum absolute atomic E-state index is 0.00404. The summed E-state index contributed by atoms with van der Waals surface area (Å²) in [5.74, 6) is 0.458. The summed E-state index contributed by atoms with van der Waals surface area (Å²) >= 11 is 0. The van der Waals surface area contributed by atoms with Gasteiger partial charge in [0.1, 0.15) is 0 Å². The normalized spacial score (nSPS) is 19.7. The molecule has 2 fully saturated rings. The lowest BCUT2D eigenvalue weighted by atomic mass is 9.73. The van der Waals surface area contributed by atoms with Crippen molar-refractivity contribution in [1.82, 2.24) is 24.8 Å². The van der Waals surface area contributed by atoms with Crippen molar-refractivity contribution in [1.29, 1.82) is 0 Å². The topological polar surface area (TPSA) is 93.1 Å². The molecule has 26 heavy (non-hydrogen) atoms. The van der Waals surface area contributed by atoms with E-state index in [-0.39, 0.29) is 17.4 Å². The summed E-state index contributed by atoms with van der Waals surface area (Å²) in [5.41, 5.74) is 1.59. The van der Waals surface area contributed by atoms with Crippen LogP contribution in [0.3, 0.4) is 0 Å². The predicted molar refractivity (Wildman–Crippen MR) is 94.5 cm³/mol. The van der Waals surface area contributed by atoms with Gasteiger partial charge >= 0.3 is 0 Å². The fraction of sp³-hybridized carbons (Fsp3) is 0.500. The largest absolute Gasteiger partial charge is 0.381 e. The first kappa shape index (κ1) is 16.8. The third-order valence-corrected chi connectivity index (χ3v) is 5.16. The van der Waals surface area contributed by atoms with Gasteiger partial charge in [-0.25, -0.2) is 9.97 Å². The molecule has 1 spiro atoms. The summed E-state index contributed by atoms with van der Waals surface area (Å²) in [6.45, 7) is 5.17. The van der Waals surface area contributed by atoms with Gasteiger partial charge in [0.2, 0.25) is 5.95 Å². The van der Waals surface area contributed by atoms with E-state index in [0.29, 0.717) is 11.5 Å². The highest BCUT2D eigenvalue weighted by Gasteiger charge is 2.45. The van der Waals surface area contributed by atoms with E-state index in [1.54, 1.807) is 31.0 Å². The third-order valence-electron chi connectivity index (χ3n) is 5.16. The van der Waals surface area contributed by atoms with Gasteiger partial charge in [0, 0.05) is 56.5 Å². The Bertz CT molecular complexity index is 753. The van der Waals surface area contributed by atoms with Crippen LogP contribution < -0.4 is 5.32 Å². The Morgan fingerprint density at radius 2 is 1.88 bits per heavy atom. The maximum atomic E-state index is 12.6. The molecule has 8 heteroatoms. The zero-order valence-electron chi connectivity index (χ0n) is 14.8. The Balaban J connectivity index is 1.35. The first-order chi connectivity index (χ1) is 12.7. The highest BCUT2D eigenvalue weighted by atomic mass is 16.5. The number of hydrogen-bond acceptors (Lipinski definition) is 7. The number of ether oxygens (including phenoxy) is 1. The van der Waals surface area contributed by atoms with Gasteiger partial charge < -0.3 is 15.0 Å². The summed E-state index contributed by atoms with van der Waals surface area (Å²) in [6.07, 6.45) is 10.2. The summed E-state index contributed by atoms with van der Waals surface area (Å²) in [4.78, 5) is 31.3. The molecule has 0 saturated carbocycles. The Morgan fingerprint density at radius 3 is 2.54 bits per heavy atom. The minimum Gasteiger partial charge on any atom is -0.381 e. The lowest BCUT2D eigenvalue weighted by Gasteiger charge is -2.52. The predicted octanol–water partition coefficient (Wildman–Crippen LogP) is 1.69. The SMILES string of the molecule is C[C@H](Nc1ncc(C(=O)N2CC3(CCOCC3)C2)cn1)c1cnccn1. The molecule has 1 amide bonds. The maximum absolute atomic E-state index is 12.6. The fourth-order valence-electron chi connectivity index (χ4n) is 3.53. The number of carbonyl (C=O) groups is 1. The molecule has 1 N–H and O–H groups in total. The van der Waals surface area contributed by atoms with E-state index >= 15 is 0 Å². The Labute approximate surface area is 152 Å². The van der Waals surface area contributed by atoms with E-state index in [4.69, 9.17) is 4.74 Å². The van der Waals surface area contributed by atoms with Gasteiger partial charge in [0.15, 0.2) is 0 Å². The Morgan fingerprint density at radius 1 is 1.15 bits per heavy atom. The van der Waals surface area contributed by atoms with E-state index in [0.717, 1.165) is 44.8 Å². The van der Waals surface area contributed by atoms with Crippen molar-refractivity contribution in [3.05, 3.63) is 42.2 Å². The van der Waals surface area contributed by atoms with Crippen molar-refractivity contribution in [2.45, 2.75) is 25.8 Å². The first-order valence-electron chi connectivity index (χ1n) is 8.87. The zero-order chi connectivity index (χ0) is 18.0. The van der Waals surface area contributed by atoms with Crippen molar-refractivity contribution in [3.63, 3.8) is 0 Å². The number of nitrogens with one attached hydrogen (secondary N) is 1. The number of likely N-dealkylation sites (tertiary alicyclic amines) is 1. The van der Waals surface area contributed by atoms with E-state index in [9.17, 15) is 4.79 Å². The molecule has 136 valence electrons. The number of carbonyl (C=O) groups excluding carboxylic acids is 1. The van der Waals surface area contributed by atoms with E-state index < -0.39 is 0 Å². The van der Waals surface area contributed by atoms with Crippen LogP contribution >= 0.6 is 0 Å². The van der Waals surface area contributed by atoms with Gasteiger partial charge in [0.25, 0.3) is 5.91 Å². The maximum Gasteiger partial charge on any atom is 0.257 e. The van der Waals surface area contributed by atoms with Gasteiger partial charge in [-0.2, -0.15) is 0 Å². The van der Waals surface area contributed by atoms with Crippen LogP contribution in [-0.4, -0.2) is 57.0 Å². The van der Waals surface area contributed by atoms with E-state index in [1.807, 2.05) is 11.8 Å². The number of nitrogens with zero attached hydrogens (tertiary/aromatic N) is 5.